The van der Waals surface area contributed by atoms with E-state index >= 15 is 0 Å². The number of Topliss-reactive ketones (excluding diaryl/α,β-unsaturated/α-hetero) is 1. The van der Waals surface area contributed by atoms with Crippen LogP contribution in [0.2, 0.25) is 0 Å². The summed E-state index contributed by atoms with van der Waals surface area (Å²) in [6.07, 6.45) is 1.07. The number of morpholine rings is 1. The highest BCUT2D eigenvalue weighted by molar-refractivity contribution is 5.90. The van der Waals surface area contributed by atoms with Crippen molar-refractivity contribution in [3.8, 4) is 0 Å². The molecule has 0 bridgehead atoms. The van der Waals surface area contributed by atoms with Crippen LogP contribution >= 0.6 is 0 Å². The Morgan fingerprint density at radius 2 is 1.60 bits per heavy atom. The zero-order chi connectivity index (χ0) is 29.3. The van der Waals surface area contributed by atoms with Crippen molar-refractivity contribution in [3.05, 3.63) is 119 Å². The molecular weight excluding hydrogens is 532 g/mol. The molecule has 9 nitrogen and oxygen atoms in total. The van der Waals surface area contributed by atoms with Crippen LogP contribution in [-0.2, 0) is 27.1 Å². The molecule has 0 unspecified atom stereocenters. The van der Waals surface area contributed by atoms with Crippen LogP contribution in [0.3, 0.4) is 0 Å². The number of ketones is 1. The Balaban J connectivity index is 1.30. The van der Waals surface area contributed by atoms with Crippen LogP contribution in [0.1, 0.15) is 52.4 Å². The van der Waals surface area contributed by atoms with E-state index in [4.69, 9.17) is 13.9 Å². The number of nitrogens with zero attached hydrogens (tertiary/aromatic N) is 2. The van der Waals surface area contributed by atoms with E-state index in [1.54, 1.807) is 6.92 Å². The van der Waals surface area contributed by atoms with Gasteiger partial charge >= 0.3 is 6.09 Å². The second kappa shape index (κ2) is 14.0. The van der Waals surface area contributed by atoms with Crippen molar-refractivity contribution in [1.29, 1.82) is 0 Å². The molecule has 218 valence electrons. The van der Waals surface area contributed by atoms with Gasteiger partial charge in [0.15, 0.2) is 5.78 Å². The Labute approximate surface area is 245 Å². The van der Waals surface area contributed by atoms with Crippen molar-refractivity contribution in [1.82, 2.24) is 20.8 Å². The average molecular weight is 569 g/mol. The molecule has 4 aromatic rings. The van der Waals surface area contributed by atoms with Crippen molar-refractivity contribution in [3.63, 3.8) is 0 Å². The van der Waals surface area contributed by atoms with Crippen molar-refractivity contribution >= 4 is 11.9 Å². The second-order valence-corrected chi connectivity index (χ2v) is 10.4. The second-order valence-electron chi connectivity index (χ2n) is 10.4. The number of aromatic nitrogens is 2. The van der Waals surface area contributed by atoms with Gasteiger partial charge in [0, 0.05) is 25.8 Å². The van der Waals surface area contributed by atoms with Crippen LogP contribution in [0.15, 0.2) is 89.3 Å². The number of nitrogens with one attached hydrogen (secondary N) is 2. The normalized spacial score (nSPS) is 17.5. The summed E-state index contributed by atoms with van der Waals surface area (Å²) in [5.74, 6) is 0.583. The molecule has 1 amide bonds. The van der Waals surface area contributed by atoms with Gasteiger partial charge in [0.2, 0.25) is 11.8 Å². The minimum Gasteiger partial charge on any atom is -0.453 e. The van der Waals surface area contributed by atoms with Gasteiger partial charge in [-0.1, -0.05) is 84.9 Å². The first-order valence-corrected chi connectivity index (χ1v) is 14.2. The molecule has 1 saturated heterocycles. The highest BCUT2D eigenvalue weighted by Crippen LogP contribution is 2.30. The Morgan fingerprint density at radius 3 is 2.17 bits per heavy atom. The molecular formula is C33H36N4O5. The zero-order valence-electron chi connectivity index (χ0n) is 23.9. The van der Waals surface area contributed by atoms with Crippen molar-refractivity contribution in [2.45, 2.75) is 50.3 Å². The van der Waals surface area contributed by atoms with E-state index in [0.717, 1.165) is 35.1 Å². The zero-order valence-corrected chi connectivity index (χ0v) is 23.9. The molecule has 9 heteroatoms. The molecule has 1 fully saturated rings. The monoisotopic (exact) mass is 568 g/mol. The third kappa shape index (κ3) is 7.29. The molecule has 3 atom stereocenters. The highest BCUT2D eigenvalue weighted by atomic mass is 16.5. The lowest BCUT2D eigenvalue weighted by atomic mass is 9.81. The Morgan fingerprint density at radius 1 is 0.952 bits per heavy atom. The lowest BCUT2D eigenvalue weighted by Crippen LogP contribution is -2.46. The maximum absolute atomic E-state index is 14.1. The van der Waals surface area contributed by atoms with E-state index in [9.17, 15) is 9.59 Å². The minimum absolute atomic E-state index is 0.0170. The van der Waals surface area contributed by atoms with Gasteiger partial charge in [0.25, 0.3) is 0 Å². The number of hydrogen-bond acceptors (Lipinski definition) is 8. The Kier molecular flexibility index (Phi) is 9.74. The fourth-order valence-electron chi connectivity index (χ4n) is 5.44. The predicted octanol–water partition coefficient (Wildman–Crippen LogP) is 4.71. The summed E-state index contributed by atoms with van der Waals surface area (Å²) < 4.78 is 16.6. The van der Waals surface area contributed by atoms with Gasteiger partial charge in [-0.2, -0.15) is 0 Å². The molecule has 0 saturated carbocycles. The molecule has 1 aliphatic rings. The number of alkyl carbamates (subject to hydrolysis) is 1. The number of aryl methyl sites for hydroxylation is 2. The summed E-state index contributed by atoms with van der Waals surface area (Å²) in [6, 6.07) is 26.6. The van der Waals surface area contributed by atoms with Crippen molar-refractivity contribution in [2.75, 3.05) is 20.3 Å². The van der Waals surface area contributed by atoms with Gasteiger partial charge in [-0.15, -0.1) is 10.2 Å². The van der Waals surface area contributed by atoms with Gasteiger partial charge in [0.1, 0.15) is 12.1 Å². The molecule has 1 aromatic heterocycles. The molecule has 2 heterocycles. The van der Waals surface area contributed by atoms with Crippen LogP contribution in [0.5, 0.6) is 0 Å². The minimum atomic E-state index is -0.827. The first kappa shape index (κ1) is 29.2. The lowest BCUT2D eigenvalue weighted by Gasteiger charge is -2.29. The number of benzene rings is 3. The number of hydrogen-bond donors (Lipinski definition) is 2. The van der Waals surface area contributed by atoms with Gasteiger partial charge in [0.05, 0.1) is 19.8 Å². The van der Waals surface area contributed by atoms with Crippen LogP contribution < -0.4 is 10.6 Å². The third-order valence-corrected chi connectivity index (χ3v) is 7.61. The largest absolute Gasteiger partial charge is 0.453 e. The highest BCUT2D eigenvalue weighted by Gasteiger charge is 2.33. The Hall–Kier alpha value is -4.34. The summed E-state index contributed by atoms with van der Waals surface area (Å²) in [6.45, 7) is 2.88. The van der Waals surface area contributed by atoms with Gasteiger partial charge in [-0.25, -0.2) is 4.79 Å². The van der Waals surface area contributed by atoms with Crippen LogP contribution in [0, 0.1) is 6.92 Å². The lowest BCUT2D eigenvalue weighted by molar-refractivity contribution is -0.120. The molecule has 5 rings (SSSR count). The standard InChI is InChI=1S/C33H36N4O5/c1-22-36-37-32(42-22)28-21-41-27(20-34-28)18-17-23-11-9-10-16-26(23)19-29(38)31(35-33(39)40-2)30(24-12-5-3-6-13-24)25-14-7-4-8-15-25/h3-16,27-28,30-31,34H,17-21H2,1-2H3,(H,35,39)/t27-,28+,31-/m1/s1. The summed E-state index contributed by atoms with van der Waals surface area (Å²) in [5, 5.41) is 14.3. The first-order chi connectivity index (χ1) is 20.5. The fourth-order valence-corrected chi connectivity index (χ4v) is 5.44. The molecule has 0 radical (unpaired) electrons. The van der Waals surface area contributed by atoms with Gasteiger partial charge < -0.3 is 24.5 Å². The maximum atomic E-state index is 14.1. The number of carbonyl (C=O) groups excluding carboxylic acids is 2. The average Bonchev–Trinajstić information content (AvgIpc) is 3.47. The summed E-state index contributed by atoms with van der Waals surface area (Å²) in [7, 11) is 1.31. The smallest absolute Gasteiger partial charge is 0.407 e. The van der Waals surface area contributed by atoms with Crippen molar-refractivity contribution < 1.29 is 23.5 Å². The molecule has 0 spiro atoms. The van der Waals surface area contributed by atoms with Crippen molar-refractivity contribution in [2.24, 2.45) is 0 Å². The van der Waals surface area contributed by atoms with E-state index in [0.29, 0.717) is 24.9 Å². The van der Waals surface area contributed by atoms with E-state index in [1.165, 1.54) is 7.11 Å². The van der Waals surface area contributed by atoms with Crippen LogP contribution in [0.25, 0.3) is 0 Å². The molecule has 3 aromatic carbocycles. The van der Waals surface area contributed by atoms with Gasteiger partial charge in [-0.05, 0) is 35.1 Å². The fraction of sp³-hybridized carbons (Fsp3) is 0.333. The summed E-state index contributed by atoms with van der Waals surface area (Å²) >= 11 is 0. The summed E-state index contributed by atoms with van der Waals surface area (Å²) in [4.78, 5) is 26.5. The van der Waals surface area contributed by atoms with E-state index < -0.39 is 12.1 Å². The maximum Gasteiger partial charge on any atom is 0.407 e. The predicted molar refractivity (Wildman–Crippen MR) is 157 cm³/mol. The number of amides is 1. The number of ether oxygens (including phenoxy) is 2. The van der Waals surface area contributed by atoms with Crippen LogP contribution in [-0.4, -0.2) is 54.5 Å². The van der Waals surface area contributed by atoms with Gasteiger partial charge in [-0.3, -0.25) is 4.79 Å². The number of rotatable bonds is 11. The Bertz CT molecular complexity index is 1410. The van der Waals surface area contributed by atoms with E-state index in [-0.39, 0.29) is 30.3 Å². The number of carbonyl (C=O) groups is 2. The molecule has 1 aliphatic heterocycles. The third-order valence-electron chi connectivity index (χ3n) is 7.61. The van der Waals surface area contributed by atoms with E-state index in [2.05, 4.69) is 26.9 Å². The number of methoxy groups -OCH3 is 1. The first-order valence-electron chi connectivity index (χ1n) is 14.2. The SMILES string of the molecule is COC(=O)N[C@H](C(=O)Cc1ccccc1CC[C@@H]1CN[C@H](c2nnc(C)o2)CO1)C(c1ccccc1)c1ccccc1. The quantitative estimate of drug-likeness (QED) is 0.267. The van der Waals surface area contributed by atoms with E-state index in [1.807, 2.05) is 78.9 Å². The molecule has 2 N–H and O–H groups in total. The molecule has 42 heavy (non-hydrogen) atoms. The van der Waals surface area contributed by atoms with Crippen LogP contribution in [0.4, 0.5) is 4.79 Å². The summed E-state index contributed by atoms with van der Waals surface area (Å²) in [5.41, 5.74) is 3.88. The molecule has 0 aliphatic carbocycles. The topological polar surface area (TPSA) is 116 Å².